The third-order valence-electron chi connectivity index (χ3n) is 2.93. The van der Waals surface area contributed by atoms with Crippen LogP contribution in [0.1, 0.15) is 53.9 Å². The summed E-state index contributed by atoms with van der Waals surface area (Å²) in [4.78, 5) is 12.2. The highest BCUT2D eigenvalue weighted by Gasteiger charge is 2.37. The average Bonchev–Trinajstić information content (AvgIpc) is 2.14. The summed E-state index contributed by atoms with van der Waals surface area (Å²) in [5, 5.41) is 0. The first-order valence-corrected chi connectivity index (χ1v) is 6.40. The van der Waals surface area contributed by atoms with Crippen molar-refractivity contribution >= 4 is 5.78 Å². The maximum absolute atomic E-state index is 12.2. The Labute approximate surface area is 101 Å². The van der Waals surface area contributed by atoms with Gasteiger partial charge in [0.05, 0.1) is 12.0 Å². The number of methoxy groups -OCH3 is 1. The van der Waals surface area contributed by atoms with Crippen molar-refractivity contribution < 1.29 is 9.53 Å². The van der Waals surface area contributed by atoms with Crippen LogP contribution in [-0.4, -0.2) is 19.5 Å². The molecule has 0 aliphatic heterocycles. The van der Waals surface area contributed by atoms with Gasteiger partial charge in [-0.25, -0.2) is 0 Å². The maximum Gasteiger partial charge on any atom is 0.141 e. The van der Waals surface area contributed by atoms with Gasteiger partial charge in [-0.3, -0.25) is 4.79 Å². The van der Waals surface area contributed by atoms with Crippen molar-refractivity contribution in [3.63, 3.8) is 0 Å². The van der Waals surface area contributed by atoms with E-state index in [9.17, 15) is 4.79 Å². The van der Waals surface area contributed by atoms with E-state index in [1.807, 2.05) is 6.92 Å². The van der Waals surface area contributed by atoms with Gasteiger partial charge in [0.25, 0.3) is 0 Å². The van der Waals surface area contributed by atoms with Gasteiger partial charge in [-0.15, -0.1) is 0 Å². The standard InChI is InChI=1S/C14H28O2/c1-7-13(15)14(10-16-6,8-11(2)3)9-12(4)5/h11-12H,7-10H2,1-6H3. The Morgan fingerprint density at radius 3 is 1.81 bits per heavy atom. The van der Waals surface area contributed by atoms with Crippen LogP contribution < -0.4 is 0 Å². The quantitative estimate of drug-likeness (QED) is 0.633. The first kappa shape index (κ1) is 15.6. The molecule has 0 saturated carbocycles. The van der Waals surface area contributed by atoms with Crippen LogP contribution in [-0.2, 0) is 9.53 Å². The molecule has 0 radical (unpaired) electrons. The second-order valence-corrected chi connectivity index (χ2v) is 5.69. The molecular weight excluding hydrogens is 200 g/mol. The fourth-order valence-electron chi connectivity index (χ4n) is 2.72. The van der Waals surface area contributed by atoms with E-state index in [1.165, 1.54) is 0 Å². The molecule has 0 fully saturated rings. The number of ketones is 1. The van der Waals surface area contributed by atoms with Gasteiger partial charge in [0.1, 0.15) is 5.78 Å². The minimum atomic E-state index is -0.258. The van der Waals surface area contributed by atoms with E-state index in [0.29, 0.717) is 30.6 Å². The van der Waals surface area contributed by atoms with Crippen LogP contribution in [0.15, 0.2) is 0 Å². The lowest BCUT2D eigenvalue weighted by Gasteiger charge is -2.34. The molecule has 0 N–H and O–H groups in total. The zero-order valence-corrected chi connectivity index (χ0v) is 11.8. The van der Waals surface area contributed by atoms with E-state index in [4.69, 9.17) is 4.74 Å². The molecule has 0 rings (SSSR count). The van der Waals surface area contributed by atoms with Crippen LogP contribution in [0.4, 0.5) is 0 Å². The minimum absolute atomic E-state index is 0.258. The first-order valence-electron chi connectivity index (χ1n) is 6.40. The van der Waals surface area contributed by atoms with E-state index < -0.39 is 0 Å². The molecule has 0 amide bonds. The molecule has 96 valence electrons. The van der Waals surface area contributed by atoms with Crippen molar-refractivity contribution in [2.24, 2.45) is 17.3 Å². The number of carbonyl (C=O) groups excluding carboxylic acids is 1. The normalized spacial score (nSPS) is 12.5. The maximum atomic E-state index is 12.2. The average molecular weight is 228 g/mol. The molecule has 0 aromatic carbocycles. The summed E-state index contributed by atoms with van der Waals surface area (Å²) in [7, 11) is 1.69. The third kappa shape index (κ3) is 4.65. The topological polar surface area (TPSA) is 26.3 Å². The molecule has 0 aliphatic carbocycles. The van der Waals surface area contributed by atoms with Gasteiger partial charge in [0.2, 0.25) is 0 Å². The summed E-state index contributed by atoms with van der Waals surface area (Å²) in [5.41, 5.74) is -0.258. The highest BCUT2D eigenvalue weighted by atomic mass is 16.5. The molecule has 0 atom stereocenters. The smallest absolute Gasteiger partial charge is 0.141 e. The van der Waals surface area contributed by atoms with Crippen LogP contribution >= 0.6 is 0 Å². The summed E-state index contributed by atoms with van der Waals surface area (Å²) in [6.45, 7) is 11.2. The zero-order valence-electron chi connectivity index (χ0n) is 11.8. The van der Waals surface area contributed by atoms with Crippen LogP contribution in [0.2, 0.25) is 0 Å². The molecule has 0 aromatic rings. The molecule has 2 heteroatoms. The van der Waals surface area contributed by atoms with Crippen molar-refractivity contribution in [2.75, 3.05) is 13.7 Å². The van der Waals surface area contributed by atoms with Crippen molar-refractivity contribution in [1.29, 1.82) is 0 Å². The number of Topliss-reactive ketones (excluding diaryl/α,β-unsaturated/α-hetero) is 1. The molecule has 0 heterocycles. The summed E-state index contributed by atoms with van der Waals surface area (Å²) >= 11 is 0. The summed E-state index contributed by atoms with van der Waals surface area (Å²) in [6, 6.07) is 0. The number of ether oxygens (including phenoxy) is 1. The number of rotatable bonds is 8. The monoisotopic (exact) mass is 228 g/mol. The molecule has 0 aliphatic rings. The van der Waals surface area contributed by atoms with E-state index >= 15 is 0 Å². The lowest BCUT2D eigenvalue weighted by molar-refractivity contribution is -0.134. The van der Waals surface area contributed by atoms with Gasteiger partial charge in [-0.2, -0.15) is 0 Å². The van der Waals surface area contributed by atoms with Gasteiger partial charge in [0, 0.05) is 13.5 Å². The van der Waals surface area contributed by atoms with Gasteiger partial charge >= 0.3 is 0 Å². The predicted molar refractivity (Wildman–Crippen MR) is 68.5 cm³/mol. The highest BCUT2D eigenvalue weighted by molar-refractivity contribution is 5.84. The lowest BCUT2D eigenvalue weighted by atomic mass is 9.71. The lowest BCUT2D eigenvalue weighted by Crippen LogP contribution is -2.38. The molecule has 0 aromatic heterocycles. The van der Waals surface area contributed by atoms with Gasteiger partial charge in [0.15, 0.2) is 0 Å². The number of hydrogen-bond donors (Lipinski definition) is 0. The van der Waals surface area contributed by atoms with Crippen molar-refractivity contribution in [3.05, 3.63) is 0 Å². The van der Waals surface area contributed by atoms with Gasteiger partial charge in [-0.05, 0) is 24.7 Å². The number of hydrogen-bond acceptors (Lipinski definition) is 2. The zero-order chi connectivity index (χ0) is 12.8. The summed E-state index contributed by atoms with van der Waals surface area (Å²) in [5.74, 6) is 1.42. The Morgan fingerprint density at radius 1 is 1.12 bits per heavy atom. The van der Waals surface area contributed by atoms with E-state index in [2.05, 4.69) is 27.7 Å². The largest absolute Gasteiger partial charge is 0.384 e. The minimum Gasteiger partial charge on any atom is -0.384 e. The van der Waals surface area contributed by atoms with Crippen molar-refractivity contribution in [3.8, 4) is 0 Å². The van der Waals surface area contributed by atoms with Crippen molar-refractivity contribution in [2.45, 2.75) is 53.9 Å². The summed E-state index contributed by atoms with van der Waals surface area (Å²) < 4.78 is 5.31. The fraction of sp³-hybridized carbons (Fsp3) is 0.929. The number of carbonyl (C=O) groups is 1. The van der Waals surface area contributed by atoms with Crippen LogP contribution in [0.3, 0.4) is 0 Å². The molecule has 16 heavy (non-hydrogen) atoms. The van der Waals surface area contributed by atoms with Crippen LogP contribution in [0, 0.1) is 17.3 Å². The fourth-order valence-corrected chi connectivity index (χ4v) is 2.72. The predicted octanol–water partition coefficient (Wildman–Crippen LogP) is 3.69. The Kier molecular flexibility index (Phi) is 6.89. The summed E-state index contributed by atoms with van der Waals surface area (Å²) in [6.07, 6.45) is 2.49. The Bertz CT molecular complexity index is 197. The van der Waals surface area contributed by atoms with Crippen LogP contribution in [0.25, 0.3) is 0 Å². The third-order valence-corrected chi connectivity index (χ3v) is 2.93. The molecule has 0 bridgehead atoms. The molecule has 0 saturated heterocycles. The Balaban J connectivity index is 4.95. The molecule has 0 unspecified atom stereocenters. The second-order valence-electron chi connectivity index (χ2n) is 5.69. The van der Waals surface area contributed by atoms with Crippen LogP contribution in [0.5, 0.6) is 0 Å². The van der Waals surface area contributed by atoms with E-state index in [-0.39, 0.29) is 5.41 Å². The second kappa shape index (κ2) is 7.05. The highest BCUT2D eigenvalue weighted by Crippen LogP contribution is 2.36. The van der Waals surface area contributed by atoms with Crippen molar-refractivity contribution in [1.82, 2.24) is 0 Å². The van der Waals surface area contributed by atoms with Gasteiger partial charge < -0.3 is 4.74 Å². The molecular formula is C14H28O2. The Hall–Kier alpha value is -0.370. The molecule has 0 spiro atoms. The van der Waals surface area contributed by atoms with E-state index in [1.54, 1.807) is 7.11 Å². The molecule has 2 nitrogen and oxygen atoms in total. The Morgan fingerprint density at radius 2 is 1.56 bits per heavy atom. The van der Waals surface area contributed by atoms with E-state index in [0.717, 1.165) is 12.8 Å². The first-order chi connectivity index (χ1) is 7.38. The SMILES string of the molecule is CCC(=O)C(COC)(CC(C)C)CC(C)C. The van der Waals surface area contributed by atoms with Gasteiger partial charge in [-0.1, -0.05) is 34.6 Å².